The van der Waals surface area contributed by atoms with Gasteiger partial charge in [0, 0.05) is 12.6 Å². The first-order valence-electron chi connectivity index (χ1n) is 6.96. The Morgan fingerprint density at radius 1 is 1.35 bits per heavy atom. The largest absolute Gasteiger partial charge is 0.497 e. The van der Waals surface area contributed by atoms with E-state index in [0.717, 1.165) is 17.9 Å². The third-order valence-electron chi connectivity index (χ3n) is 3.51. The topological polar surface area (TPSA) is 59.6 Å². The van der Waals surface area contributed by atoms with Crippen molar-refractivity contribution in [1.29, 1.82) is 0 Å². The van der Waals surface area contributed by atoms with Crippen molar-refractivity contribution >= 4 is 5.91 Å². The summed E-state index contributed by atoms with van der Waals surface area (Å²) in [5, 5.41) is 6.25. The molecule has 0 radical (unpaired) electrons. The van der Waals surface area contributed by atoms with Gasteiger partial charge in [0.2, 0.25) is 5.91 Å². The predicted octanol–water partition coefficient (Wildman–Crippen LogP) is 0.936. The summed E-state index contributed by atoms with van der Waals surface area (Å²) in [6, 6.07) is 7.80. The minimum absolute atomic E-state index is 0.0456. The highest BCUT2D eigenvalue weighted by Gasteiger charge is 2.33. The molecule has 1 fully saturated rings. The second kappa shape index (κ2) is 7.26. The molecule has 110 valence electrons. The van der Waals surface area contributed by atoms with Gasteiger partial charge >= 0.3 is 0 Å². The molecule has 0 spiro atoms. The Morgan fingerprint density at radius 2 is 2.10 bits per heavy atom. The Hall–Kier alpha value is -1.59. The number of ether oxygens (including phenoxy) is 2. The SMILES string of the molecule is CCNC1COCC1C(=O)NCc1ccc(OC)cc1. The molecule has 20 heavy (non-hydrogen) atoms. The summed E-state index contributed by atoms with van der Waals surface area (Å²) in [4.78, 5) is 12.2. The Bertz CT molecular complexity index is 433. The van der Waals surface area contributed by atoms with Gasteiger partial charge in [0.15, 0.2) is 0 Å². The number of methoxy groups -OCH3 is 1. The number of hydrogen-bond donors (Lipinski definition) is 2. The van der Waals surface area contributed by atoms with Gasteiger partial charge in [-0.2, -0.15) is 0 Å². The Kier molecular flexibility index (Phi) is 5.38. The van der Waals surface area contributed by atoms with Crippen LogP contribution < -0.4 is 15.4 Å². The first-order valence-corrected chi connectivity index (χ1v) is 6.96. The standard InChI is InChI=1S/C15H22N2O3/c1-3-16-14-10-20-9-13(14)15(18)17-8-11-4-6-12(19-2)7-5-11/h4-7,13-14,16H,3,8-10H2,1-2H3,(H,17,18). The molecular formula is C15H22N2O3. The van der Waals surface area contributed by atoms with Gasteiger partial charge in [-0.1, -0.05) is 19.1 Å². The predicted molar refractivity (Wildman–Crippen MR) is 76.6 cm³/mol. The highest BCUT2D eigenvalue weighted by Crippen LogP contribution is 2.15. The molecule has 2 atom stereocenters. The molecule has 1 saturated heterocycles. The molecule has 1 amide bonds. The number of likely N-dealkylation sites (N-methyl/N-ethyl adjacent to an activating group) is 1. The number of carbonyl (C=O) groups is 1. The third kappa shape index (κ3) is 3.71. The van der Waals surface area contributed by atoms with E-state index in [1.807, 2.05) is 31.2 Å². The number of hydrogen-bond acceptors (Lipinski definition) is 4. The molecular weight excluding hydrogens is 256 g/mol. The molecule has 5 heteroatoms. The Balaban J connectivity index is 1.84. The lowest BCUT2D eigenvalue weighted by atomic mass is 10.0. The van der Waals surface area contributed by atoms with Crippen molar-refractivity contribution < 1.29 is 14.3 Å². The van der Waals surface area contributed by atoms with Crippen molar-refractivity contribution in [2.75, 3.05) is 26.9 Å². The monoisotopic (exact) mass is 278 g/mol. The molecule has 0 aliphatic carbocycles. The van der Waals surface area contributed by atoms with Crippen LogP contribution in [0.4, 0.5) is 0 Å². The highest BCUT2D eigenvalue weighted by molar-refractivity contribution is 5.79. The van der Waals surface area contributed by atoms with Crippen LogP contribution in [-0.2, 0) is 16.1 Å². The molecule has 2 unspecified atom stereocenters. The molecule has 0 bridgehead atoms. The van der Waals surface area contributed by atoms with Crippen molar-refractivity contribution in [1.82, 2.24) is 10.6 Å². The zero-order chi connectivity index (χ0) is 14.4. The summed E-state index contributed by atoms with van der Waals surface area (Å²) in [6.07, 6.45) is 0. The summed E-state index contributed by atoms with van der Waals surface area (Å²) in [5.41, 5.74) is 1.05. The van der Waals surface area contributed by atoms with Crippen LogP contribution in [0.25, 0.3) is 0 Å². The first-order chi connectivity index (χ1) is 9.74. The molecule has 2 N–H and O–H groups in total. The van der Waals surface area contributed by atoms with Crippen molar-refractivity contribution in [2.45, 2.75) is 19.5 Å². The zero-order valence-corrected chi connectivity index (χ0v) is 12.0. The Morgan fingerprint density at radius 3 is 2.75 bits per heavy atom. The van der Waals surface area contributed by atoms with Crippen LogP contribution in [0.3, 0.4) is 0 Å². The number of benzene rings is 1. The number of carbonyl (C=O) groups excluding carboxylic acids is 1. The summed E-state index contributed by atoms with van der Waals surface area (Å²) in [7, 11) is 1.64. The summed E-state index contributed by atoms with van der Waals surface area (Å²) >= 11 is 0. The van der Waals surface area contributed by atoms with Gasteiger partial charge in [0.05, 0.1) is 26.2 Å². The quantitative estimate of drug-likeness (QED) is 0.813. The third-order valence-corrected chi connectivity index (χ3v) is 3.51. The lowest BCUT2D eigenvalue weighted by Gasteiger charge is -2.17. The van der Waals surface area contributed by atoms with Crippen LogP contribution in [-0.4, -0.2) is 38.8 Å². The minimum Gasteiger partial charge on any atom is -0.497 e. The van der Waals surface area contributed by atoms with Crippen LogP contribution in [0.15, 0.2) is 24.3 Å². The van der Waals surface area contributed by atoms with Gasteiger partial charge in [-0.3, -0.25) is 4.79 Å². The van der Waals surface area contributed by atoms with E-state index in [-0.39, 0.29) is 17.9 Å². The lowest BCUT2D eigenvalue weighted by molar-refractivity contribution is -0.125. The second-order valence-electron chi connectivity index (χ2n) is 4.87. The maximum absolute atomic E-state index is 12.2. The minimum atomic E-state index is -0.104. The van der Waals surface area contributed by atoms with Crippen LogP contribution in [0.1, 0.15) is 12.5 Å². The molecule has 1 aliphatic heterocycles. The molecule has 1 aromatic rings. The second-order valence-corrected chi connectivity index (χ2v) is 4.87. The van der Waals surface area contributed by atoms with Gasteiger partial charge in [-0.15, -0.1) is 0 Å². The summed E-state index contributed by atoms with van der Waals surface area (Å²) in [6.45, 7) is 4.50. The van der Waals surface area contributed by atoms with Gasteiger partial charge < -0.3 is 20.1 Å². The van der Waals surface area contributed by atoms with Crippen molar-refractivity contribution in [3.63, 3.8) is 0 Å². The van der Waals surface area contributed by atoms with E-state index in [9.17, 15) is 4.79 Å². The fourth-order valence-corrected chi connectivity index (χ4v) is 2.34. The van der Waals surface area contributed by atoms with Crippen molar-refractivity contribution in [3.05, 3.63) is 29.8 Å². The first kappa shape index (κ1) is 14.8. The molecule has 1 aliphatic rings. The average molecular weight is 278 g/mol. The lowest BCUT2D eigenvalue weighted by Crippen LogP contribution is -2.43. The van der Waals surface area contributed by atoms with E-state index in [4.69, 9.17) is 9.47 Å². The van der Waals surface area contributed by atoms with E-state index < -0.39 is 0 Å². The fourth-order valence-electron chi connectivity index (χ4n) is 2.34. The molecule has 5 nitrogen and oxygen atoms in total. The van der Waals surface area contributed by atoms with Crippen molar-refractivity contribution in [2.24, 2.45) is 5.92 Å². The molecule has 1 heterocycles. The number of rotatable bonds is 6. The summed E-state index contributed by atoms with van der Waals surface area (Å²) < 4.78 is 10.5. The van der Waals surface area contributed by atoms with Gasteiger partial charge in [0.25, 0.3) is 0 Å². The molecule has 2 rings (SSSR count). The molecule has 0 aromatic heterocycles. The van der Waals surface area contributed by atoms with Gasteiger partial charge in [-0.25, -0.2) is 0 Å². The van der Waals surface area contributed by atoms with E-state index >= 15 is 0 Å². The van der Waals surface area contributed by atoms with Crippen molar-refractivity contribution in [3.8, 4) is 5.75 Å². The van der Waals surface area contributed by atoms with Gasteiger partial charge in [0.1, 0.15) is 5.75 Å². The van der Waals surface area contributed by atoms with Crippen LogP contribution in [0.5, 0.6) is 5.75 Å². The molecule has 0 saturated carbocycles. The van der Waals surface area contributed by atoms with E-state index in [1.165, 1.54) is 0 Å². The smallest absolute Gasteiger partial charge is 0.227 e. The number of nitrogens with one attached hydrogen (secondary N) is 2. The van der Waals surface area contributed by atoms with Crippen LogP contribution >= 0.6 is 0 Å². The van der Waals surface area contributed by atoms with E-state index in [0.29, 0.717) is 19.8 Å². The highest BCUT2D eigenvalue weighted by atomic mass is 16.5. The van der Waals surface area contributed by atoms with Crippen LogP contribution in [0, 0.1) is 5.92 Å². The van der Waals surface area contributed by atoms with E-state index in [2.05, 4.69) is 10.6 Å². The fraction of sp³-hybridized carbons (Fsp3) is 0.533. The number of amides is 1. The summed E-state index contributed by atoms with van der Waals surface area (Å²) in [5.74, 6) is 0.758. The molecule has 1 aromatic carbocycles. The van der Waals surface area contributed by atoms with Gasteiger partial charge in [-0.05, 0) is 24.2 Å². The Labute approximate surface area is 119 Å². The van der Waals surface area contributed by atoms with Crippen LogP contribution in [0.2, 0.25) is 0 Å². The average Bonchev–Trinajstić information content (AvgIpc) is 2.94. The normalized spacial score (nSPS) is 21.7. The maximum Gasteiger partial charge on any atom is 0.227 e. The maximum atomic E-state index is 12.2. The zero-order valence-electron chi connectivity index (χ0n) is 12.0. The van der Waals surface area contributed by atoms with E-state index in [1.54, 1.807) is 7.11 Å².